The molecule has 54 heavy (non-hydrogen) atoms. The van der Waals surface area contributed by atoms with Gasteiger partial charge in [-0.05, 0) is 90.6 Å². The van der Waals surface area contributed by atoms with Crippen LogP contribution in [0.4, 0.5) is 0 Å². The Hall–Kier alpha value is -6.47. The molecule has 2 aliphatic carbocycles. The monoisotopic (exact) mass is 692 g/mol. The lowest BCUT2D eigenvalue weighted by Gasteiger charge is -2.47. The van der Waals surface area contributed by atoms with Gasteiger partial charge < -0.3 is 10.6 Å². The summed E-state index contributed by atoms with van der Waals surface area (Å²) in [5.41, 5.74) is 17.1. The topological polar surface area (TPSA) is 49.9 Å². The number of nitrogens with zero attached hydrogens (tertiary/aromatic N) is 2. The highest BCUT2D eigenvalue weighted by Gasteiger charge is 2.53. The third-order valence-corrected chi connectivity index (χ3v) is 12.0. The molecule has 0 fully saturated rings. The quantitative estimate of drug-likeness (QED) is 0.200. The Bertz CT molecular complexity index is 2610. The molecule has 0 aromatic heterocycles. The zero-order valence-corrected chi connectivity index (χ0v) is 30.3. The highest BCUT2D eigenvalue weighted by atomic mass is 15.2. The minimum Gasteiger partial charge on any atom is -0.666 e. The molecule has 0 radical (unpaired) electrons. The van der Waals surface area contributed by atoms with Crippen LogP contribution in [0.2, 0.25) is 0 Å². The Kier molecular flexibility index (Phi) is 7.34. The number of nitriles is 1. The molecule has 3 aliphatic rings. The SMILES string of the molecule is CC1(C)c2ccccc2C2(c3ccccc3-c3ccc(C4=CC(c5ccc(-c6ccccc6)cc5)NC(c5cccc(C#N)c5)[N-]4)cc32)c2ccccc21. The van der Waals surface area contributed by atoms with Crippen molar-refractivity contribution in [3.05, 3.63) is 237 Å². The maximum absolute atomic E-state index is 9.78. The molecule has 7 aromatic rings. The summed E-state index contributed by atoms with van der Waals surface area (Å²) in [7, 11) is 0. The van der Waals surface area contributed by atoms with Gasteiger partial charge in [0, 0.05) is 11.5 Å². The van der Waals surface area contributed by atoms with Gasteiger partial charge >= 0.3 is 0 Å². The van der Waals surface area contributed by atoms with Gasteiger partial charge in [0.15, 0.2) is 0 Å². The number of fused-ring (bicyclic) bond motifs is 9. The zero-order chi connectivity index (χ0) is 36.4. The van der Waals surface area contributed by atoms with Gasteiger partial charge in [0.1, 0.15) is 0 Å². The van der Waals surface area contributed by atoms with E-state index in [1.807, 2.05) is 24.3 Å². The van der Waals surface area contributed by atoms with Gasteiger partial charge in [-0.25, -0.2) is 0 Å². The van der Waals surface area contributed by atoms with Gasteiger partial charge in [0.25, 0.3) is 0 Å². The van der Waals surface area contributed by atoms with E-state index in [2.05, 4.69) is 177 Å². The Balaban J connectivity index is 1.16. The molecule has 258 valence electrons. The Labute approximate surface area is 317 Å². The van der Waals surface area contributed by atoms with Gasteiger partial charge in [0.2, 0.25) is 0 Å². The molecule has 3 heteroatoms. The van der Waals surface area contributed by atoms with Crippen molar-refractivity contribution in [2.45, 2.75) is 36.9 Å². The molecule has 10 rings (SSSR count). The van der Waals surface area contributed by atoms with Crippen molar-refractivity contribution in [2.24, 2.45) is 0 Å². The van der Waals surface area contributed by atoms with Gasteiger partial charge in [0.05, 0.1) is 17.0 Å². The molecule has 1 N–H and O–H groups in total. The van der Waals surface area contributed by atoms with Gasteiger partial charge in [-0.2, -0.15) is 5.26 Å². The predicted octanol–water partition coefficient (Wildman–Crippen LogP) is 12.0. The summed E-state index contributed by atoms with van der Waals surface area (Å²) in [4.78, 5) is 0. The lowest BCUT2D eigenvalue weighted by Crippen LogP contribution is -2.40. The van der Waals surface area contributed by atoms with Gasteiger partial charge in [-0.15, -0.1) is 5.70 Å². The van der Waals surface area contributed by atoms with Crippen LogP contribution in [-0.4, -0.2) is 0 Å². The Morgan fingerprint density at radius 2 is 1.11 bits per heavy atom. The largest absolute Gasteiger partial charge is 0.666 e. The number of hydrogen-bond acceptors (Lipinski definition) is 2. The molecular weight excluding hydrogens is 655 g/mol. The summed E-state index contributed by atoms with van der Waals surface area (Å²) < 4.78 is 0. The molecule has 0 bridgehead atoms. The third-order valence-electron chi connectivity index (χ3n) is 12.0. The fourth-order valence-electron chi connectivity index (χ4n) is 9.44. The van der Waals surface area contributed by atoms with E-state index in [0.717, 1.165) is 22.4 Å². The molecule has 7 aromatic carbocycles. The van der Waals surface area contributed by atoms with E-state index < -0.39 is 5.41 Å². The molecule has 2 atom stereocenters. The maximum atomic E-state index is 9.78. The molecule has 0 amide bonds. The summed E-state index contributed by atoms with van der Waals surface area (Å²) in [6.45, 7) is 4.73. The fraction of sp³-hybridized carbons (Fsp3) is 0.118. The summed E-state index contributed by atoms with van der Waals surface area (Å²) in [5.74, 6) is 0. The van der Waals surface area contributed by atoms with E-state index in [4.69, 9.17) is 5.32 Å². The molecule has 2 unspecified atom stereocenters. The first-order valence-electron chi connectivity index (χ1n) is 18.8. The molecule has 3 nitrogen and oxygen atoms in total. The molecule has 1 aliphatic heterocycles. The number of hydrogen-bond donors (Lipinski definition) is 1. The standard InChI is InChI=1S/C51H38N3/c1-50(2)42-19-8-10-21-44(42)51(45-22-11-9-20-43(45)50)41-18-7-6-17-39(41)40-28-27-37(30-46(40)51)48-31-47(53-49(54-48)38-16-12-13-33(29-38)32-52)36-25-23-35(24-26-36)34-14-4-3-5-15-34/h3-31,47,49,53H,1-2H3/q-1. The van der Waals surface area contributed by atoms with Crippen molar-refractivity contribution in [1.82, 2.24) is 5.32 Å². The van der Waals surface area contributed by atoms with Crippen LogP contribution in [0.15, 0.2) is 176 Å². The summed E-state index contributed by atoms with van der Waals surface area (Å²) in [5, 5.41) is 19.0. The van der Waals surface area contributed by atoms with Crippen LogP contribution in [-0.2, 0) is 10.8 Å². The number of nitrogens with one attached hydrogen (secondary N) is 1. The van der Waals surface area contributed by atoms with Crippen LogP contribution >= 0.6 is 0 Å². The maximum Gasteiger partial charge on any atom is 0.0991 e. The lowest BCUT2D eigenvalue weighted by atomic mass is 9.55. The van der Waals surface area contributed by atoms with E-state index in [1.54, 1.807) is 0 Å². The van der Waals surface area contributed by atoms with Crippen LogP contribution in [0.3, 0.4) is 0 Å². The van der Waals surface area contributed by atoms with Crippen molar-refractivity contribution in [2.75, 3.05) is 0 Å². The molecule has 0 saturated heterocycles. The van der Waals surface area contributed by atoms with Gasteiger partial charge in [-0.1, -0.05) is 178 Å². The Morgan fingerprint density at radius 3 is 1.81 bits per heavy atom. The van der Waals surface area contributed by atoms with Crippen molar-refractivity contribution in [1.29, 1.82) is 5.26 Å². The smallest absolute Gasteiger partial charge is 0.0991 e. The summed E-state index contributed by atoms with van der Waals surface area (Å²) in [6.07, 6.45) is 1.93. The zero-order valence-electron chi connectivity index (χ0n) is 30.3. The van der Waals surface area contributed by atoms with Gasteiger partial charge in [-0.3, -0.25) is 0 Å². The number of benzene rings is 7. The predicted molar refractivity (Wildman–Crippen MR) is 219 cm³/mol. The lowest BCUT2D eigenvalue weighted by molar-refractivity contribution is 0.541. The van der Waals surface area contributed by atoms with Crippen molar-refractivity contribution >= 4 is 5.70 Å². The second-order valence-corrected chi connectivity index (χ2v) is 15.2. The fourth-order valence-corrected chi connectivity index (χ4v) is 9.44. The second-order valence-electron chi connectivity index (χ2n) is 15.2. The average Bonchev–Trinajstić information content (AvgIpc) is 3.53. The van der Waals surface area contributed by atoms with Crippen molar-refractivity contribution < 1.29 is 0 Å². The highest BCUT2D eigenvalue weighted by molar-refractivity contribution is 5.90. The highest BCUT2D eigenvalue weighted by Crippen LogP contribution is 2.62. The van der Waals surface area contributed by atoms with E-state index in [1.165, 1.54) is 55.6 Å². The average molecular weight is 693 g/mol. The minimum absolute atomic E-state index is 0.102. The first kappa shape index (κ1) is 32.2. The van der Waals surface area contributed by atoms with Crippen LogP contribution < -0.4 is 5.32 Å². The van der Waals surface area contributed by atoms with Crippen molar-refractivity contribution in [3.63, 3.8) is 0 Å². The second kappa shape index (κ2) is 12.3. The van der Waals surface area contributed by atoms with Crippen LogP contribution in [0.5, 0.6) is 0 Å². The molecule has 1 spiro atoms. The number of rotatable bonds is 4. The molecule has 1 heterocycles. The van der Waals surface area contributed by atoms with Crippen LogP contribution in [0.1, 0.15) is 81.7 Å². The van der Waals surface area contributed by atoms with Crippen LogP contribution in [0, 0.1) is 11.3 Å². The summed E-state index contributed by atoms with van der Waals surface area (Å²) >= 11 is 0. The van der Waals surface area contributed by atoms with Crippen LogP contribution in [0.25, 0.3) is 33.3 Å². The third kappa shape index (κ3) is 4.77. The Morgan fingerprint density at radius 1 is 0.519 bits per heavy atom. The molecule has 0 saturated carbocycles. The van der Waals surface area contributed by atoms with E-state index in [-0.39, 0.29) is 17.6 Å². The first-order chi connectivity index (χ1) is 26.5. The van der Waals surface area contributed by atoms with E-state index >= 15 is 0 Å². The first-order valence-corrected chi connectivity index (χ1v) is 18.8. The van der Waals surface area contributed by atoms with Crippen molar-refractivity contribution in [3.8, 4) is 28.3 Å². The minimum atomic E-state index is -0.481. The van der Waals surface area contributed by atoms with E-state index in [9.17, 15) is 5.26 Å². The molecular formula is C51H38N3-. The van der Waals surface area contributed by atoms with E-state index in [0.29, 0.717) is 5.56 Å². The normalized spacial score (nSPS) is 18.3. The summed E-state index contributed by atoms with van der Waals surface area (Å²) in [6, 6.07) is 63.5.